The third-order valence-corrected chi connectivity index (χ3v) is 2.73. The highest BCUT2D eigenvalue weighted by molar-refractivity contribution is 7.98. The van der Waals surface area contributed by atoms with Gasteiger partial charge >= 0.3 is 0 Å². The lowest BCUT2D eigenvalue weighted by Crippen LogP contribution is -2.02. The average molecular weight is 182 g/mol. The van der Waals surface area contributed by atoms with Gasteiger partial charge in [0.05, 0.1) is 6.10 Å². The smallest absolute Gasteiger partial charge is 0.0602 e. The summed E-state index contributed by atoms with van der Waals surface area (Å²) in [5.41, 5.74) is 1.32. The molecule has 1 N–H and O–H groups in total. The first kappa shape index (κ1) is 9.62. The molecular weight excluding hydrogens is 168 g/mol. The first-order chi connectivity index (χ1) is 5.79. The zero-order valence-corrected chi connectivity index (χ0v) is 8.05. The lowest BCUT2D eigenvalue weighted by atomic mass is 10.2. The lowest BCUT2D eigenvalue weighted by Gasteiger charge is -2.03. The van der Waals surface area contributed by atoms with Crippen molar-refractivity contribution >= 4 is 11.8 Å². The van der Waals surface area contributed by atoms with Gasteiger partial charge in [0.25, 0.3) is 0 Å². The van der Waals surface area contributed by atoms with Gasteiger partial charge in [-0.2, -0.15) is 11.8 Å². The van der Waals surface area contributed by atoms with Crippen molar-refractivity contribution in [3.8, 4) is 0 Å². The maximum atomic E-state index is 9.01. The van der Waals surface area contributed by atoms with E-state index in [1.165, 1.54) is 5.56 Å². The number of aliphatic hydroxyl groups excluding tert-OH is 1. The second kappa shape index (κ2) is 5.22. The average Bonchev–Trinajstić information content (AvgIpc) is 2.05. The fraction of sp³-hybridized carbons (Fsp3) is 0.400. The third-order valence-electron chi connectivity index (χ3n) is 1.47. The van der Waals surface area contributed by atoms with Crippen LogP contribution in [-0.4, -0.2) is 17.0 Å². The van der Waals surface area contributed by atoms with E-state index in [2.05, 4.69) is 12.1 Å². The number of benzene rings is 1. The van der Waals surface area contributed by atoms with Crippen molar-refractivity contribution < 1.29 is 5.11 Å². The predicted octanol–water partition coefficient (Wildman–Crippen LogP) is 2.30. The van der Waals surface area contributed by atoms with Crippen LogP contribution in [-0.2, 0) is 5.75 Å². The quantitative estimate of drug-likeness (QED) is 0.771. The summed E-state index contributed by atoms with van der Waals surface area (Å²) in [6.45, 7) is 1.82. The zero-order valence-electron chi connectivity index (χ0n) is 7.23. The van der Waals surface area contributed by atoms with Crippen LogP contribution < -0.4 is 0 Å². The van der Waals surface area contributed by atoms with Crippen molar-refractivity contribution in [2.75, 3.05) is 5.75 Å². The van der Waals surface area contributed by atoms with Gasteiger partial charge < -0.3 is 5.11 Å². The molecule has 0 fully saturated rings. The third kappa shape index (κ3) is 3.79. The molecule has 1 aromatic carbocycles. The predicted molar refractivity (Wildman–Crippen MR) is 54.3 cm³/mol. The minimum atomic E-state index is -0.196. The van der Waals surface area contributed by atoms with Crippen molar-refractivity contribution in [1.82, 2.24) is 0 Å². The standard InChI is InChI=1S/C10H14OS/c1-9(11)7-12-8-10-5-3-2-4-6-10/h2-6,9,11H,7-8H2,1H3. The van der Waals surface area contributed by atoms with E-state index in [9.17, 15) is 0 Å². The van der Waals surface area contributed by atoms with Crippen LogP contribution in [0.1, 0.15) is 12.5 Å². The molecule has 0 amide bonds. The molecule has 66 valence electrons. The largest absolute Gasteiger partial charge is 0.393 e. The summed E-state index contributed by atoms with van der Waals surface area (Å²) in [6, 6.07) is 10.3. The van der Waals surface area contributed by atoms with E-state index < -0.39 is 0 Å². The van der Waals surface area contributed by atoms with Crippen molar-refractivity contribution in [3.05, 3.63) is 35.9 Å². The van der Waals surface area contributed by atoms with Crippen LogP contribution in [0.2, 0.25) is 0 Å². The van der Waals surface area contributed by atoms with Gasteiger partial charge in [0.1, 0.15) is 0 Å². The van der Waals surface area contributed by atoms with E-state index >= 15 is 0 Å². The summed E-state index contributed by atoms with van der Waals surface area (Å²) in [4.78, 5) is 0. The fourth-order valence-electron chi connectivity index (χ4n) is 0.922. The minimum absolute atomic E-state index is 0.196. The Morgan fingerprint density at radius 2 is 2.00 bits per heavy atom. The summed E-state index contributed by atoms with van der Waals surface area (Å²) in [5, 5.41) is 9.01. The summed E-state index contributed by atoms with van der Waals surface area (Å²) in [6.07, 6.45) is -0.196. The molecular formula is C10H14OS. The van der Waals surface area contributed by atoms with Gasteiger partial charge in [0.2, 0.25) is 0 Å². The van der Waals surface area contributed by atoms with Crippen molar-refractivity contribution in [2.45, 2.75) is 18.8 Å². The molecule has 2 heteroatoms. The fourth-order valence-corrected chi connectivity index (χ4v) is 1.81. The van der Waals surface area contributed by atoms with E-state index in [-0.39, 0.29) is 6.10 Å². The first-order valence-electron chi connectivity index (χ1n) is 4.09. The van der Waals surface area contributed by atoms with Crippen molar-refractivity contribution in [3.63, 3.8) is 0 Å². The summed E-state index contributed by atoms with van der Waals surface area (Å²) in [7, 11) is 0. The number of hydrogen-bond acceptors (Lipinski definition) is 2. The van der Waals surface area contributed by atoms with Crippen molar-refractivity contribution in [1.29, 1.82) is 0 Å². The first-order valence-corrected chi connectivity index (χ1v) is 5.24. The van der Waals surface area contributed by atoms with Gasteiger partial charge in [-0.05, 0) is 12.5 Å². The summed E-state index contributed by atoms with van der Waals surface area (Å²) < 4.78 is 0. The molecule has 0 bridgehead atoms. The molecule has 1 aromatic rings. The van der Waals surface area contributed by atoms with Crippen LogP contribution in [0.15, 0.2) is 30.3 Å². The monoisotopic (exact) mass is 182 g/mol. The molecule has 0 aromatic heterocycles. The Morgan fingerprint density at radius 3 is 2.58 bits per heavy atom. The molecule has 0 aliphatic carbocycles. The molecule has 0 radical (unpaired) electrons. The van der Waals surface area contributed by atoms with Gasteiger partial charge in [-0.25, -0.2) is 0 Å². The number of rotatable bonds is 4. The van der Waals surface area contributed by atoms with Crippen LogP contribution in [0.25, 0.3) is 0 Å². The van der Waals surface area contributed by atoms with E-state index in [0.29, 0.717) is 0 Å². The molecule has 0 saturated carbocycles. The van der Waals surface area contributed by atoms with Crippen LogP contribution in [0, 0.1) is 0 Å². The summed E-state index contributed by atoms with van der Waals surface area (Å²) >= 11 is 1.76. The highest BCUT2D eigenvalue weighted by Gasteiger charge is 1.96. The Morgan fingerprint density at radius 1 is 1.33 bits per heavy atom. The Bertz CT molecular complexity index is 208. The van der Waals surface area contributed by atoms with E-state index in [1.807, 2.05) is 25.1 Å². The summed E-state index contributed by atoms with van der Waals surface area (Å²) in [5.74, 6) is 1.81. The van der Waals surface area contributed by atoms with Gasteiger partial charge in [-0.3, -0.25) is 0 Å². The zero-order chi connectivity index (χ0) is 8.81. The maximum absolute atomic E-state index is 9.01. The Labute approximate surface area is 77.8 Å². The maximum Gasteiger partial charge on any atom is 0.0602 e. The minimum Gasteiger partial charge on any atom is -0.393 e. The van der Waals surface area contributed by atoms with Gasteiger partial charge in [-0.15, -0.1) is 0 Å². The second-order valence-corrected chi connectivity index (χ2v) is 3.88. The Hall–Kier alpha value is -0.470. The number of aliphatic hydroxyl groups is 1. The molecule has 1 atom stereocenters. The van der Waals surface area contributed by atoms with Gasteiger partial charge in [-0.1, -0.05) is 30.3 Å². The van der Waals surface area contributed by atoms with E-state index in [1.54, 1.807) is 11.8 Å². The molecule has 0 aliphatic heterocycles. The topological polar surface area (TPSA) is 20.2 Å². The molecule has 12 heavy (non-hydrogen) atoms. The number of hydrogen-bond donors (Lipinski definition) is 1. The van der Waals surface area contributed by atoms with Gasteiger partial charge in [0.15, 0.2) is 0 Å². The van der Waals surface area contributed by atoms with E-state index in [4.69, 9.17) is 5.11 Å². The highest BCUT2D eigenvalue weighted by atomic mass is 32.2. The molecule has 0 aliphatic rings. The molecule has 1 unspecified atom stereocenters. The lowest BCUT2D eigenvalue weighted by molar-refractivity contribution is 0.220. The van der Waals surface area contributed by atoms with Crippen LogP contribution >= 0.6 is 11.8 Å². The molecule has 0 saturated heterocycles. The van der Waals surface area contributed by atoms with Crippen LogP contribution in [0.3, 0.4) is 0 Å². The Balaban J connectivity index is 2.25. The highest BCUT2D eigenvalue weighted by Crippen LogP contribution is 2.12. The molecule has 0 spiro atoms. The van der Waals surface area contributed by atoms with Gasteiger partial charge in [0, 0.05) is 11.5 Å². The van der Waals surface area contributed by atoms with Crippen LogP contribution in [0.5, 0.6) is 0 Å². The molecule has 1 rings (SSSR count). The second-order valence-electron chi connectivity index (χ2n) is 2.85. The molecule has 0 heterocycles. The SMILES string of the molecule is CC(O)CSCc1ccccc1. The van der Waals surface area contributed by atoms with Crippen LogP contribution in [0.4, 0.5) is 0 Å². The van der Waals surface area contributed by atoms with Crippen molar-refractivity contribution in [2.24, 2.45) is 0 Å². The molecule has 1 nitrogen and oxygen atoms in total. The Kier molecular flexibility index (Phi) is 4.19. The normalized spacial score (nSPS) is 12.8. The number of thioether (sulfide) groups is 1. The van der Waals surface area contributed by atoms with E-state index in [0.717, 1.165) is 11.5 Å².